The molecule has 2 atom stereocenters. The van der Waals surface area contributed by atoms with Crippen molar-refractivity contribution in [1.29, 1.82) is 0 Å². The monoisotopic (exact) mass is 393 g/mol. The fourth-order valence-corrected chi connectivity index (χ4v) is 4.53. The van der Waals surface area contributed by atoms with Crippen LogP contribution in [0.3, 0.4) is 0 Å². The summed E-state index contributed by atoms with van der Waals surface area (Å²) in [4.78, 5) is 15.2. The van der Waals surface area contributed by atoms with Gasteiger partial charge in [0, 0.05) is 38.6 Å². The zero-order valence-corrected chi connectivity index (χ0v) is 16.2. The fraction of sp³-hybridized carbons (Fsp3) is 0.429. The van der Waals surface area contributed by atoms with Crippen LogP contribution in [0.1, 0.15) is 36.0 Å². The number of hydrogen-bond acceptors (Lipinski definition) is 8. The summed E-state index contributed by atoms with van der Waals surface area (Å²) < 4.78 is 11.5. The van der Waals surface area contributed by atoms with Crippen LogP contribution in [0.2, 0.25) is 0 Å². The molecule has 29 heavy (non-hydrogen) atoms. The van der Waals surface area contributed by atoms with Crippen molar-refractivity contribution in [2.24, 2.45) is 0 Å². The molecule has 8 heteroatoms. The van der Waals surface area contributed by atoms with Crippen LogP contribution in [-0.4, -0.2) is 56.4 Å². The van der Waals surface area contributed by atoms with Crippen molar-refractivity contribution < 1.29 is 14.4 Å². The number of methoxy groups -OCH3 is 1. The lowest BCUT2D eigenvalue weighted by molar-refractivity contribution is -0.0950. The molecule has 3 aromatic rings. The number of likely N-dealkylation sites (tertiary alicyclic amines) is 1. The van der Waals surface area contributed by atoms with Gasteiger partial charge in [0.15, 0.2) is 0 Å². The molecular formula is C21H23N5O3. The Hall–Kier alpha value is -2.68. The molecule has 1 saturated heterocycles. The minimum atomic E-state index is -0.625. The number of nitrogens with zero attached hydrogens (tertiary/aromatic N) is 5. The molecule has 2 aromatic heterocycles. The van der Waals surface area contributed by atoms with E-state index in [9.17, 15) is 5.11 Å². The first-order valence-corrected chi connectivity index (χ1v) is 9.86. The second kappa shape index (κ2) is 7.29. The molecule has 1 aliphatic heterocycles. The molecule has 0 amide bonds. The first kappa shape index (κ1) is 18.4. The average molecular weight is 393 g/mol. The van der Waals surface area contributed by atoms with Crippen molar-refractivity contribution in [3.05, 3.63) is 59.9 Å². The van der Waals surface area contributed by atoms with E-state index in [0.29, 0.717) is 30.3 Å². The summed E-state index contributed by atoms with van der Waals surface area (Å²) in [5.74, 6) is 0.879. The van der Waals surface area contributed by atoms with Gasteiger partial charge in [-0.3, -0.25) is 9.88 Å². The van der Waals surface area contributed by atoms with Gasteiger partial charge >= 0.3 is 0 Å². The summed E-state index contributed by atoms with van der Waals surface area (Å²) in [5, 5.41) is 14.9. The van der Waals surface area contributed by atoms with Crippen molar-refractivity contribution in [2.75, 3.05) is 20.2 Å². The number of benzene rings is 1. The van der Waals surface area contributed by atoms with Crippen LogP contribution >= 0.6 is 0 Å². The van der Waals surface area contributed by atoms with Crippen LogP contribution in [-0.2, 0) is 16.8 Å². The highest BCUT2D eigenvalue weighted by atomic mass is 16.5. The molecule has 1 aliphatic carbocycles. The van der Waals surface area contributed by atoms with Crippen LogP contribution in [0.4, 0.5) is 0 Å². The Bertz CT molecular complexity index is 985. The van der Waals surface area contributed by atoms with Crippen molar-refractivity contribution in [1.82, 2.24) is 25.0 Å². The summed E-state index contributed by atoms with van der Waals surface area (Å²) in [5.41, 5.74) is 2.23. The molecule has 1 fully saturated rings. The smallest absolute Gasteiger partial charge is 0.259 e. The number of rotatable bonds is 4. The van der Waals surface area contributed by atoms with Gasteiger partial charge in [0.2, 0.25) is 5.82 Å². The molecule has 2 aliphatic rings. The molecular weight excluding hydrogens is 370 g/mol. The van der Waals surface area contributed by atoms with Gasteiger partial charge in [0.05, 0.1) is 12.3 Å². The van der Waals surface area contributed by atoms with E-state index < -0.39 is 11.7 Å². The largest absolute Gasteiger partial charge is 0.387 e. The molecule has 150 valence electrons. The van der Waals surface area contributed by atoms with Crippen LogP contribution in [0.15, 0.2) is 47.4 Å². The van der Waals surface area contributed by atoms with Gasteiger partial charge in [-0.2, -0.15) is 4.98 Å². The van der Waals surface area contributed by atoms with E-state index in [-0.39, 0.29) is 6.04 Å². The van der Waals surface area contributed by atoms with E-state index in [2.05, 4.69) is 31.1 Å². The van der Waals surface area contributed by atoms with Crippen molar-refractivity contribution in [3.8, 4) is 11.5 Å². The van der Waals surface area contributed by atoms with E-state index in [4.69, 9.17) is 9.26 Å². The van der Waals surface area contributed by atoms with Gasteiger partial charge in [-0.1, -0.05) is 29.4 Å². The van der Waals surface area contributed by atoms with Crippen LogP contribution in [0.5, 0.6) is 0 Å². The standard InChI is InChI=1S/C21H23N5O3/c1-28-21(20-24-19(25-29-20)16-13-22-8-9-23-16)6-10-26(11-7-21)17-12-14-4-2-3-5-15(14)18(17)27/h2-5,8-9,13,17-18,27H,6-7,10-12H2,1H3. The molecule has 5 rings (SSSR count). The lowest BCUT2D eigenvalue weighted by Crippen LogP contribution is -2.49. The number of piperidine rings is 1. The van der Waals surface area contributed by atoms with Gasteiger partial charge in [-0.25, -0.2) is 4.98 Å². The molecule has 0 spiro atoms. The Morgan fingerprint density at radius 1 is 1.21 bits per heavy atom. The third-order valence-corrected chi connectivity index (χ3v) is 6.24. The number of aliphatic hydroxyl groups is 1. The summed E-state index contributed by atoms with van der Waals surface area (Å²) in [7, 11) is 1.68. The Kier molecular flexibility index (Phi) is 4.61. The second-order valence-electron chi connectivity index (χ2n) is 7.66. The third-order valence-electron chi connectivity index (χ3n) is 6.24. The number of aliphatic hydroxyl groups excluding tert-OH is 1. The Morgan fingerprint density at radius 2 is 2.03 bits per heavy atom. The second-order valence-corrected chi connectivity index (χ2v) is 7.66. The average Bonchev–Trinajstić information content (AvgIpc) is 3.41. The Labute approximate surface area is 168 Å². The first-order chi connectivity index (χ1) is 14.2. The van der Waals surface area contributed by atoms with E-state index >= 15 is 0 Å². The number of aromatic nitrogens is 4. The predicted molar refractivity (Wildman–Crippen MR) is 104 cm³/mol. The van der Waals surface area contributed by atoms with E-state index in [1.165, 1.54) is 5.56 Å². The van der Waals surface area contributed by atoms with Gasteiger partial charge in [0.1, 0.15) is 11.3 Å². The van der Waals surface area contributed by atoms with Crippen LogP contribution in [0.25, 0.3) is 11.5 Å². The summed E-state index contributed by atoms with van der Waals surface area (Å²) >= 11 is 0. The summed E-state index contributed by atoms with van der Waals surface area (Å²) in [6.45, 7) is 1.57. The molecule has 8 nitrogen and oxygen atoms in total. The normalized spacial score (nSPS) is 23.8. The highest BCUT2D eigenvalue weighted by Gasteiger charge is 2.45. The molecule has 1 aromatic carbocycles. The van der Waals surface area contributed by atoms with Crippen molar-refractivity contribution in [3.63, 3.8) is 0 Å². The zero-order chi connectivity index (χ0) is 19.8. The maximum Gasteiger partial charge on any atom is 0.259 e. The van der Waals surface area contributed by atoms with Gasteiger partial charge in [-0.15, -0.1) is 0 Å². The molecule has 2 unspecified atom stereocenters. The number of ether oxygens (including phenoxy) is 1. The maximum absolute atomic E-state index is 10.8. The van der Waals surface area contributed by atoms with E-state index in [1.807, 2.05) is 18.2 Å². The Balaban J connectivity index is 1.32. The van der Waals surface area contributed by atoms with Crippen LogP contribution < -0.4 is 0 Å². The van der Waals surface area contributed by atoms with Gasteiger partial charge in [-0.05, 0) is 30.4 Å². The predicted octanol–water partition coefficient (Wildman–Crippen LogP) is 2.12. The third kappa shape index (κ3) is 3.13. The minimum Gasteiger partial charge on any atom is -0.387 e. The number of fused-ring (bicyclic) bond motifs is 1. The molecule has 0 saturated carbocycles. The van der Waals surface area contributed by atoms with Crippen molar-refractivity contribution >= 4 is 0 Å². The molecule has 0 bridgehead atoms. The zero-order valence-electron chi connectivity index (χ0n) is 16.2. The summed E-state index contributed by atoms with van der Waals surface area (Å²) in [6.07, 6.45) is 6.65. The molecule has 3 heterocycles. The lowest BCUT2D eigenvalue weighted by Gasteiger charge is -2.41. The van der Waals surface area contributed by atoms with Crippen LogP contribution in [0, 0.1) is 0 Å². The fourth-order valence-electron chi connectivity index (χ4n) is 4.53. The quantitative estimate of drug-likeness (QED) is 0.720. The summed E-state index contributed by atoms with van der Waals surface area (Å²) in [6, 6.07) is 8.25. The first-order valence-electron chi connectivity index (χ1n) is 9.86. The topological polar surface area (TPSA) is 97.4 Å². The Morgan fingerprint density at radius 3 is 2.76 bits per heavy atom. The highest BCUT2D eigenvalue weighted by Crippen LogP contribution is 2.40. The SMILES string of the molecule is COC1(c2nc(-c3cnccn3)no2)CCN(C2Cc3ccccc3C2O)CC1. The van der Waals surface area contributed by atoms with E-state index in [1.54, 1.807) is 25.7 Å². The maximum atomic E-state index is 10.8. The minimum absolute atomic E-state index is 0.0973. The van der Waals surface area contributed by atoms with Crippen molar-refractivity contribution in [2.45, 2.75) is 37.0 Å². The van der Waals surface area contributed by atoms with Gasteiger partial charge in [0.25, 0.3) is 5.89 Å². The number of hydrogen-bond donors (Lipinski definition) is 1. The lowest BCUT2D eigenvalue weighted by atomic mass is 9.89. The van der Waals surface area contributed by atoms with E-state index in [0.717, 1.165) is 25.1 Å². The molecule has 1 N–H and O–H groups in total. The highest BCUT2D eigenvalue weighted by molar-refractivity contribution is 5.45. The van der Waals surface area contributed by atoms with Gasteiger partial charge < -0.3 is 14.4 Å². The molecule has 0 radical (unpaired) electrons.